The average Bonchev–Trinajstić information content (AvgIpc) is 2.19. The largest absolute Gasteiger partial charge is 0.103 e. The third-order valence-corrected chi connectivity index (χ3v) is 2.81. The number of allylic oxidation sites excluding steroid dienone is 4. The Balaban J connectivity index is 3.61. The van der Waals surface area contributed by atoms with Crippen LogP contribution in [0.15, 0.2) is 37.5 Å². The van der Waals surface area contributed by atoms with Gasteiger partial charge in [-0.2, -0.15) is 0 Å². The fourth-order valence-corrected chi connectivity index (χ4v) is 1.77. The van der Waals surface area contributed by atoms with E-state index in [0.717, 1.165) is 5.92 Å². The molecule has 0 heteroatoms. The van der Waals surface area contributed by atoms with Crippen molar-refractivity contribution in [1.29, 1.82) is 0 Å². The number of rotatable bonds is 8. The summed E-state index contributed by atoms with van der Waals surface area (Å²) in [5.41, 5.74) is 0. The fourth-order valence-electron chi connectivity index (χ4n) is 1.77. The zero-order valence-corrected chi connectivity index (χ0v) is 9.71. The minimum absolute atomic E-state index is 0.693. The van der Waals surface area contributed by atoms with Gasteiger partial charge in [-0.05, 0) is 37.5 Å². The summed E-state index contributed by atoms with van der Waals surface area (Å²) < 4.78 is 0. The molecule has 2 atom stereocenters. The van der Waals surface area contributed by atoms with Gasteiger partial charge in [0.25, 0.3) is 0 Å². The normalized spacial score (nSPS) is 15.3. The molecule has 0 spiro atoms. The Labute approximate surface area is 89.4 Å². The minimum Gasteiger partial charge on any atom is -0.103 e. The van der Waals surface area contributed by atoms with Gasteiger partial charge in [0.1, 0.15) is 0 Å². The monoisotopic (exact) mass is 192 g/mol. The molecule has 0 saturated heterocycles. The van der Waals surface area contributed by atoms with E-state index in [1.54, 1.807) is 0 Å². The number of hydrogen-bond acceptors (Lipinski definition) is 0. The molecule has 0 aliphatic heterocycles. The van der Waals surface area contributed by atoms with E-state index in [-0.39, 0.29) is 0 Å². The average molecular weight is 192 g/mol. The van der Waals surface area contributed by atoms with Crippen molar-refractivity contribution in [2.24, 2.45) is 11.8 Å². The van der Waals surface area contributed by atoms with Crippen LogP contribution < -0.4 is 0 Å². The minimum atomic E-state index is 0.693. The van der Waals surface area contributed by atoms with E-state index in [1.165, 1.54) is 25.7 Å². The molecule has 14 heavy (non-hydrogen) atoms. The van der Waals surface area contributed by atoms with Crippen molar-refractivity contribution in [1.82, 2.24) is 0 Å². The van der Waals surface area contributed by atoms with Crippen LogP contribution in [0.1, 0.15) is 39.5 Å². The molecule has 0 aromatic heterocycles. The van der Waals surface area contributed by atoms with Gasteiger partial charge in [0.05, 0.1) is 0 Å². The Kier molecular flexibility index (Phi) is 8.31. The van der Waals surface area contributed by atoms with E-state index in [9.17, 15) is 0 Å². The molecule has 0 rings (SSSR count). The molecule has 0 bridgehead atoms. The lowest BCUT2D eigenvalue weighted by Gasteiger charge is -2.18. The van der Waals surface area contributed by atoms with Gasteiger partial charge in [0.2, 0.25) is 0 Å². The maximum absolute atomic E-state index is 3.88. The number of hydrogen-bond donors (Lipinski definition) is 0. The van der Waals surface area contributed by atoms with E-state index >= 15 is 0 Å². The highest BCUT2D eigenvalue weighted by molar-refractivity contribution is 4.96. The molecule has 0 fully saturated rings. The summed E-state index contributed by atoms with van der Waals surface area (Å²) in [7, 11) is 0. The van der Waals surface area contributed by atoms with Gasteiger partial charge in [-0.25, -0.2) is 0 Å². The topological polar surface area (TPSA) is 0 Å². The molecule has 0 aromatic rings. The highest BCUT2D eigenvalue weighted by Gasteiger charge is 2.10. The van der Waals surface area contributed by atoms with Gasteiger partial charge in [0.15, 0.2) is 0 Å². The molecule has 0 nitrogen and oxygen atoms in total. The second-order valence-corrected chi connectivity index (χ2v) is 3.88. The van der Waals surface area contributed by atoms with Crippen molar-refractivity contribution in [3.63, 3.8) is 0 Å². The second-order valence-electron chi connectivity index (χ2n) is 3.88. The molecular weight excluding hydrogens is 168 g/mol. The van der Waals surface area contributed by atoms with Gasteiger partial charge >= 0.3 is 0 Å². The number of unbranched alkanes of at least 4 members (excludes halogenated alkanes) is 1. The molecule has 0 aromatic carbocycles. The van der Waals surface area contributed by atoms with Crippen molar-refractivity contribution >= 4 is 0 Å². The highest BCUT2D eigenvalue weighted by atomic mass is 14.2. The van der Waals surface area contributed by atoms with Gasteiger partial charge in [-0.1, -0.05) is 44.7 Å². The first-order chi connectivity index (χ1) is 6.76. The van der Waals surface area contributed by atoms with Crippen LogP contribution in [-0.2, 0) is 0 Å². The van der Waals surface area contributed by atoms with Crippen molar-refractivity contribution < 1.29 is 0 Å². The molecule has 2 unspecified atom stereocenters. The lowest BCUT2D eigenvalue weighted by atomic mass is 9.88. The third-order valence-electron chi connectivity index (χ3n) is 2.81. The van der Waals surface area contributed by atoms with Crippen LogP contribution in [-0.4, -0.2) is 0 Å². The SMILES string of the molecule is C=CC=CCCCC(C)C(C=C)CC. The predicted molar refractivity (Wildman–Crippen MR) is 66.3 cm³/mol. The Bertz CT molecular complexity index is 176. The lowest BCUT2D eigenvalue weighted by Crippen LogP contribution is -2.07. The van der Waals surface area contributed by atoms with Crippen molar-refractivity contribution in [3.05, 3.63) is 37.5 Å². The summed E-state index contributed by atoms with van der Waals surface area (Å²) in [6, 6.07) is 0. The molecule has 0 heterocycles. The lowest BCUT2D eigenvalue weighted by molar-refractivity contribution is 0.384. The molecule has 0 aliphatic rings. The van der Waals surface area contributed by atoms with E-state index in [4.69, 9.17) is 0 Å². The van der Waals surface area contributed by atoms with Crippen LogP contribution in [0.5, 0.6) is 0 Å². The third kappa shape index (κ3) is 5.80. The summed E-state index contributed by atoms with van der Waals surface area (Å²) in [5, 5.41) is 0. The molecule has 0 amide bonds. The summed E-state index contributed by atoms with van der Waals surface area (Å²) in [6.45, 7) is 12.1. The van der Waals surface area contributed by atoms with Crippen LogP contribution in [0, 0.1) is 11.8 Å². The zero-order valence-electron chi connectivity index (χ0n) is 9.71. The predicted octanol–water partition coefficient (Wildman–Crippen LogP) is 4.75. The van der Waals surface area contributed by atoms with Crippen molar-refractivity contribution in [2.75, 3.05) is 0 Å². The van der Waals surface area contributed by atoms with Gasteiger partial charge in [-0.3, -0.25) is 0 Å². The smallest absolute Gasteiger partial charge is 0.0213 e. The summed E-state index contributed by atoms with van der Waals surface area (Å²) in [4.78, 5) is 0. The van der Waals surface area contributed by atoms with E-state index in [0.29, 0.717) is 5.92 Å². The molecule has 0 aliphatic carbocycles. The molecule has 0 radical (unpaired) electrons. The Morgan fingerprint density at radius 2 is 2.00 bits per heavy atom. The van der Waals surface area contributed by atoms with E-state index < -0.39 is 0 Å². The first-order valence-electron chi connectivity index (χ1n) is 5.66. The molecule has 0 N–H and O–H groups in total. The molecule has 80 valence electrons. The Morgan fingerprint density at radius 3 is 2.50 bits per heavy atom. The van der Waals surface area contributed by atoms with Crippen LogP contribution in [0.2, 0.25) is 0 Å². The summed E-state index contributed by atoms with van der Waals surface area (Å²) >= 11 is 0. The molecule has 0 saturated carbocycles. The van der Waals surface area contributed by atoms with Crippen LogP contribution in [0.25, 0.3) is 0 Å². The van der Waals surface area contributed by atoms with Crippen LogP contribution in [0.4, 0.5) is 0 Å². The Hall–Kier alpha value is -0.780. The molecular formula is C14H24. The maximum atomic E-state index is 3.88. The van der Waals surface area contributed by atoms with Gasteiger partial charge in [0, 0.05) is 0 Å². The highest BCUT2D eigenvalue weighted by Crippen LogP contribution is 2.21. The first kappa shape index (κ1) is 13.2. The van der Waals surface area contributed by atoms with Crippen LogP contribution in [0.3, 0.4) is 0 Å². The zero-order chi connectivity index (χ0) is 10.8. The standard InChI is InChI=1S/C14H24/c1-5-8-9-10-11-12-13(4)14(6-2)7-3/h5-6,8-9,13-14H,1-2,7,10-12H2,3-4H3. The quantitative estimate of drug-likeness (QED) is 0.296. The van der Waals surface area contributed by atoms with Crippen LogP contribution >= 0.6 is 0 Å². The van der Waals surface area contributed by atoms with Crippen molar-refractivity contribution in [3.8, 4) is 0 Å². The second kappa shape index (κ2) is 8.80. The van der Waals surface area contributed by atoms with Gasteiger partial charge in [-0.15, -0.1) is 6.58 Å². The Morgan fingerprint density at radius 1 is 1.29 bits per heavy atom. The summed E-state index contributed by atoms with van der Waals surface area (Å²) in [5.74, 6) is 1.47. The van der Waals surface area contributed by atoms with Gasteiger partial charge < -0.3 is 0 Å². The summed E-state index contributed by atoms with van der Waals surface area (Å²) in [6.07, 6.45) is 13.1. The maximum Gasteiger partial charge on any atom is -0.0213 e. The van der Waals surface area contributed by atoms with Crippen molar-refractivity contribution in [2.45, 2.75) is 39.5 Å². The first-order valence-corrected chi connectivity index (χ1v) is 5.66. The fraction of sp³-hybridized carbons (Fsp3) is 0.571. The van der Waals surface area contributed by atoms with E-state index in [1.807, 2.05) is 12.2 Å². The van der Waals surface area contributed by atoms with E-state index in [2.05, 4.69) is 39.2 Å².